The van der Waals surface area contributed by atoms with Crippen molar-refractivity contribution >= 4 is 22.9 Å². The molecule has 1 atom stereocenters. The van der Waals surface area contributed by atoms with Crippen LogP contribution in [-0.2, 0) is 4.79 Å². The molecule has 26 heavy (non-hydrogen) atoms. The highest BCUT2D eigenvalue weighted by Gasteiger charge is 2.26. The van der Waals surface area contributed by atoms with E-state index in [1.165, 1.54) is 12.8 Å². The van der Waals surface area contributed by atoms with Crippen LogP contribution >= 0.6 is 0 Å². The first-order valence-corrected chi connectivity index (χ1v) is 9.49. The molecule has 1 amide bonds. The highest BCUT2D eigenvalue weighted by atomic mass is 16.2. The molecule has 2 aromatic carbocycles. The maximum absolute atomic E-state index is 12.6. The first kappa shape index (κ1) is 16.9. The van der Waals surface area contributed by atoms with Gasteiger partial charge in [-0.25, -0.2) is 0 Å². The van der Waals surface area contributed by atoms with E-state index in [2.05, 4.69) is 46.0 Å². The SMILES string of the molecule is O=C1Nc2ccccc2C1=CN(c1ccccc1)C1CCCCNCC1. The van der Waals surface area contributed by atoms with Crippen molar-refractivity contribution in [3.05, 3.63) is 66.4 Å². The van der Waals surface area contributed by atoms with Crippen LogP contribution in [0.3, 0.4) is 0 Å². The van der Waals surface area contributed by atoms with E-state index in [0.717, 1.165) is 48.4 Å². The molecule has 1 unspecified atom stereocenters. The summed E-state index contributed by atoms with van der Waals surface area (Å²) in [6, 6.07) is 18.7. The van der Waals surface area contributed by atoms with Gasteiger partial charge in [-0.1, -0.05) is 42.8 Å². The second-order valence-electron chi connectivity index (χ2n) is 6.97. The average molecular weight is 347 g/mol. The van der Waals surface area contributed by atoms with Crippen LogP contribution in [0.2, 0.25) is 0 Å². The Bertz CT molecular complexity index is 792. The lowest BCUT2D eigenvalue weighted by atomic mass is 10.0. The van der Waals surface area contributed by atoms with Gasteiger partial charge in [-0.2, -0.15) is 0 Å². The lowest BCUT2D eigenvalue weighted by Gasteiger charge is -2.33. The monoisotopic (exact) mass is 347 g/mol. The highest BCUT2D eigenvalue weighted by molar-refractivity contribution is 6.31. The van der Waals surface area contributed by atoms with Gasteiger partial charge in [0.25, 0.3) is 5.91 Å². The molecule has 0 aliphatic carbocycles. The first-order chi connectivity index (χ1) is 12.8. The average Bonchev–Trinajstić information content (AvgIpc) is 2.96. The van der Waals surface area contributed by atoms with Gasteiger partial charge in [-0.15, -0.1) is 0 Å². The molecule has 2 N–H and O–H groups in total. The number of hydrogen-bond donors (Lipinski definition) is 2. The fourth-order valence-electron chi connectivity index (χ4n) is 3.84. The van der Waals surface area contributed by atoms with Crippen molar-refractivity contribution in [1.29, 1.82) is 0 Å². The highest BCUT2D eigenvalue weighted by Crippen LogP contribution is 2.33. The lowest BCUT2D eigenvalue weighted by Crippen LogP contribution is -2.36. The van der Waals surface area contributed by atoms with Crippen LogP contribution in [-0.4, -0.2) is 25.0 Å². The van der Waals surface area contributed by atoms with Gasteiger partial charge >= 0.3 is 0 Å². The largest absolute Gasteiger partial charge is 0.344 e. The quantitative estimate of drug-likeness (QED) is 0.824. The Balaban J connectivity index is 1.72. The molecule has 4 rings (SSSR count). The van der Waals surface area contributed by atoms with Crippen LogP contribution in [0.25, 0.3) is 5.57 Å². The Kier molecular flexibility index (Phi) is 5.02. The smallest absolute Gasteiger partial charge is 0.257 e. The van der Waals surface area contributed by atoms with Crippen molar-refractivity contribution in [3.8, 4) is 0 Å². The van der Waals surface area contributed by atoms with Crippen LogP contribution in [0.1, 0.15) is 31.2 Å². The maximum Gasteiger partial charge on any atom is 0.257 e. The third-order valence-corrected chi connectivity index (χ3v) is 5.22. The van der Waals surface area contributed by atoms with E-state index in [0.29, 0.717) is 6.04 Å². The number of anilines is 2. The predicted molar refractivity (Wildman–Crippen MR) is 107 cm³/mol. The zero-order chi connectivity index (χ0) is 17.8. The molecule has 0 aromatic heterocycles. The zero-order valence-electron chi connectivity index (χ0n) is 14.9. The third kappa shape index (κ3) is 3.51. The number of rotatable bonds is 3. The van der Waals surface area contributed by atoms with Crippen LogP contribution in [0.5, 0.6) is 0 Å². The van der Waals surface area contributed by atoms with Gasteiger partial charge in [-0.3, -0.25) is 4.79 Å². The molecule has 2 aromatic rings. The summed E-state index contributed by atoms with van der Waals surface area (Å²) < 4.78 is 0. The van der Waals surface area contributed by atoms with Gasteiger partial charge in [0.05, 0.1) is 5.57 Å². The molecule has 4 nitrogen and oxygen atoms in total. The minimum atomic E-state index is -0.0175. The van der Waals surface area contributed by atoms with E-state index in [-0.39, 0.29) is 5.91 Å². The molecule has 1 saturated heterocycles. The molecule has 1 fully saturated rings. The molecule has 2 aliphatic rings. The van der Waals surface area contributed by atoms with Crippen LogP contribution < -0.4 is 15.5 Å². The first-order valence-electron chi connectivity index (χ1n) is 9.49. The standard InChI is InChI=1S/C22H25N3O/c26-22-20(19-11-4-5-12-21(19)24-22)16-25(17-8-2-1-3-9-17)18-10-6-7-14-23-15-13-18/h1-5,8-9,11-12,16,18,23H,6-7,10,13-15H2,(H,24,26). The normalized spacial score (nSPS) is 21.6. The van der Waals surface area contributed by atoms with Gasteiger partial charge in [0, 0.05) is 29.2 Å². The molecular weight excluding hydrogens is 322 g/mol. The van der Waals surface area contributed by atoms with Crippen molar-refractivity contribution in [3.63, 3.8) is 0 Å². The van der Waals surface area contributed by atoms with Gasteiger partial charge < -0.3 is 15.5 Å². The molecule has 2 aliphatic heterocycles. The molecule has 4 heteroatoms. The van der Waals surface area contributed by atoms with E-state index >= 15 is 0 Å². The number of amides is 1. The summed E-state index contributed by atoms with van der Waals surface area (Å²) in [6.07, 6.45) is 6.68. The maximum atomic E-state index is 12.6. The molecule has 0 saturated carbocycles. The van der Waals surface area contributed by atoms with Crippen molar-refractivity contribution in [1.82, 2.24) is 5.32 Å². The Morgan fingerprint density at radius 3 is 2.62 bits per heavy atom. The number of hydrogen-bond acceptors (Lipinski definition) is 3. The van der Waals surface area contributed by atoms with Crippen LogP contribution in [0, 0.1) is 0 Å². The van der Waals surface area contributed by atoms with Gasteiger partial charge in [0.15, 0.2) is 0 Å². The Morgan fingerprint density at radius 1 is 0.923 bits per heavy atom. The third-order valence-electron chi connectivity index (χ3n) is 5.22. The Hall–Kier alpha value is -2.59. The molecule has 0 spiro atoms. The predicted octanol–water partition coefficient (Wildman–Crippen LogP) is 4.02. The zero-order valence-corrected chi connectivity index (χ0v) is 14.9. The van der Waals surface area contributed by atoms with E-state index in [1.807, 2.05) is 30.3 Å². The van der Waals surface area contributed by atoms with Gasteiger partial charge in [0.1, 0.15) is 0 Å². The van der Waals surface area contributed by atoms with Crippen molar-refractivity contribution in [2.75, 3.05) is 23.3 Å². The Labute approximate surface area is 154 Å². The fraction of sp³-hybridized carbons (Fsp3) is 0.318. The number of carbonyl (C=O) groups excluding carboxylic acids is 1. The van der Waals surface area contributed by atoms with Gasteiger partial charge in [-0.05, 0) is 50.6 Å². The number of carbonyl (C=O) groups is 1. The summed E-state index contributed by atoms with van der Waals surface area (Å²) in [7, 11) is 0. The Morgan fingerprint density at radius 2 is 1.73 bits per heavy atom. The van der Waals surface area contributed by atoms with E-state index in [1.54, 1.807) is 0 Å². The van der Waals surface area contributed by atoms with Crippen molar-refractivity contribution < 1.29 is 4.79 Å². The second kappa shape index (κ2) is 7.75. The minimum Gasteiger partial charge on any atom is -0.344 e. The summed E-state index contributed by atoms with van der Waals surface area (Å²) >= 11 is 0. The van der Waals surface area contributed by atoms with E-state index in [4.69, 9.17) is 0 Å². The van der Waals surface area contributed by atoms with E-state index < -0.39 is 0 Å². The summed E-state index contributed by atoms with van der Waals surface area (Å²) in [5, 5.41) is 6.50. The van der Waals surface area contributed by atoms with Crippen LogP contribution in [0.15, 0.2) is 60.8 Å². The number of para-hydroxylation sites is 2. The summed E-state index contributed by atoms with van der Waals surface area (Å²) in [4.78, 5) is 14.9. The lowest BCUT2D eigenvalue weighted by molar-refractivity contribution is -0.110. The summed E-state index contributed by atoms with van der Waals surface area (Å²) in [5.74, 6) is -0.0175. The topological polar surface area (TPSA) is 44.4 Å². The number of nitrogens with zero attached hydrogens (tertiary/aromatic N) is 1. The number of nitrogens with one attached hydrogen (secondary N) is 2. The fourth-order valence-corrected chi connectivity index (χ4v) is 3.84. The van der Waals surface area contributed by atoms with Crippen LogP contribution in [0.4, 0.5) is 11.4 Å². The second-order valence-corrected chi connectivity index (χ2v) is 6.97. The molecule has 2 heterocycles. The van der Waals surface area contributed by atoms with Crippen molar-refractivity contribution in [2.45, 2.75) is 31.7 Å². The van der Waals surface area contributed by atoms with Gasteiger partial charge in [0.2, 0.25) is 0 Å². The number of fused-ring (bicyclic) bond motifs is 1. The molecular formula is C22H25N3O. The molecule has 0 radical (unpaired) electrons. The minimum absolute atomic E-state index is 0.0175. The number of benzene rings is 2. The summed E-state index contributed by atoms with van der Waals surface area (Å²) in [5.41, 5.74) is 3.78. The summed E-state index contributed by atoms with van der Waals surface area (Å²) in [6.45, 7) is 2.12. The van der Waals surface area contributed by atoms with Crippen molar-refractivity contribution in [2.24, 2.45) is 0 Å². The molecule has 0 bridgehead atoms. The van der Waals surface area contributed by atoms with E-state index in [9.17, 15) is 4.79 Å². The molecule has 134 valence electrons.